The van der Waals surface area contributed by atoms with Gasteiger partial charge in [-0.25, -0.2) is 9.82 Å². The van der Waals surface area contributed by atoms with Crippen molar-refractivity contribution in [1.82, 2.24) is 9.99 Å². The Morgan fingerprint density at radius 2 is 2.17 bits per heavy atom. The number of nitrogens with zero attached hydrogens (tertiary/aromatic N) is 2. The Labute approximate surface area is 145 Å². The van der Waals surface area contributed by atoms with Crippen LogP contribution in [0.4, 0.5) is 4.39 Å². The van der Waals surface area contributed by atoms with Crippen LogP contribution in [0.5, 0.6) is 5.75 Å². The predicted molar refractivity (Wildman–Crippen MR) is 91.4 cm³/mol. The second-order valence-electron chi connectivity index (χ2n) is 4.92. The fourth-order valence-electron chi connectivity index (χ4n) is 2.07. The van der Waals surface area contributed by atoms with Crippen molar-refractivity contribution in [3.05, 3.63) is 58.1 Å². The molecule has 0 saturated carbocycles. The number of fused-ring (bicyclic) bond motifs is 1. The lowest BCUT2D eigenvalue weighted by atomic mass is 10.3. The first-order valence-corrected chi connectivity index (χ1v) is 8.19. The summed E-state index contributed by atoms with van der Waals surface area (Å²) < 4.78 is 21.2. The van der Waals surface area contributed by atoms with Gasteiger partial charge in [0, 0.05) is 7.05 Å². The number of thiazole rings is 1. The first-order valence-electron chi connectivity index (χ1n) is 6.99. The van der Waals surface area contributed by atoms with Gasteiger partial charge >= 0.3 is 0 Å². The van der Waals surface area contributed by atoms with E-state index in [4.69, 9.17) is 16.3 Å². The van der Waals surface area contributed by atoms with Crippen LogP contribution in [0, 0.1) is 5.82 Å². The Morgan fingerprint density at radius 3 is 2.92 bits per heavy atom. The fraction of sp³-hybridized carbons (Fsp3) is 0.125. The van der Waals surface area contributed by atoms with Crippen LogP contribution in [0.2, 0.25) is 5.02 Å². The molecule has 1 N–H and O–H groups in total. The minimum Gasteiger partial charge on any atom is -0.482 e. The number of hydrogen-bond donors (Lipinski definition) is 1. The summed E-state index contributed by atoms with van der Waals surface area (Å²) in [5.74, 6) is -0.669. The Hall–Kier alpha value is -2.38. The van der Waals surface area contributed by atoms with Crippen LogP contribution < -0.4 is 15.0 Å². The molecule has 0 unspecified atom stereocenters. The molecule has 24 heavy (non-hydrogen) atoms. The Kier molecular flexibility index (Phi) is 4.82. The summed E-state index contributed by atoms with van der Waals surface area (Å²) in [5, 5.41) is 4.21. The number of halogens is 2. The first kappa shape index (κ1) is 16.5. The van der Waals surface area contributed by atoms with Gasteiger partial charge in [0.2, 0.25) is 4.80 Å². The average molecular weight is 366 g/mol. The molecule has 124 valence electrons. The molecule has 0 fully saturated rings. The van der Waals surface area contributed by atoms with Crippen molar-refractivity contribution in [1.29, 1.82) is 0 Å². The van der Waals surface area contributed by atoms with E-state index in [1.54, 1.807) is 0 Å². The standard InChI is InChI=1S/C16H13ClFN3O2S/c1-21-12-4-2-3-5-14(12)24-16(21)20-19-15(22)9-23-13-7-6-10(18)8-11(13)17/h2-8H,9H2,1H3,(H,19,22)/b20-16-. The van der Waals surface area contributed by atoms with Gasteiger partial charge in [0.1, 0.15) is 11.6 Å². The molecule has 1 heterocycles. The highest BCUT2D eigenvalue weighted by molar-refractivity contribution is 7.16. The van der Waals surface area contributed by atoms with Crippen molar-refractivity contribution in [2.75, 3.05) is 6.61 Å². The van der Waals surface area contributed by atoms with E-state index in [2.05, 4.69) is 10.5 Å². The molecule has 0 bridgehead atoms. The Morgan fingerprint density at radius 1 is 1.38 bits per heavy atom. The molecule has 3 rings (SSSR count). The van der Waals surface area contributed by atoms with Gasteiger partial charge in [0.15, 0.2) is 6.61 Å². The summed E-state index contributed by atoms with van der Waals surface area (Å²) in [7, 11) is 1.87. The molecule has 0 saturated heterocycles. The number of benzene rings is 2. The van der Waals surface area contributed by atoms with Crippen LogP contribution in [0.1, 0.15) is 0 Å². The normalized spacial score (nSPS) is 11.7. The lowest BCUT2D eigenvalue weighted by molar-refractivity contribution is -0.123. The van der Waals surface area contributed by atoms with Crippen LogP contribution in [-0.2, 0) is 11.8 Å². The quantitative estimate of drug-likeness (QED) is 0.722. The highest BCUT2D eigenvalue weighted by Gasteiger charge is 2.07. The topological polar surface area (TPSA) is 55.6 Å². The third-order valence-corrected chi connectivity index (χ3v) is 4.65. The van der Waals surface area contributed by atoms with Gasteiger partial charge in [-0.15, -0.1) is 5.10 Å². The third-order valence-electron chi connectivity index (χ3n) is 3.24. The number of hydrogen-bond acceptors (Lipinski definition) is 4. The van der Waals surface area contributed by atoms with Crippen LogP contribution in [0.25, 0.3) is 10.2 Å². The van der Waals surface area contributed by atoms with Crippen LogP contribution in [0.3, 0.4) is 0 Å². The van der Waals surface area contributed by atoms with Crippen molar-refractivity contribution >= 4 is 39.1 Å². The molecule has 1 amide bonds. The summed E-state index contributed by atoms with van der Waals surface area (Å²) in [4.78, 5) is 12.5. The molecule has 0 atom stereocenters. The van der Waals surface area contributed by atoms with E-state index in [0.29, 0.717) is 4.80 Å². The molecule has 5 nitrogen and oxygen atoms in total. The number of amides is 1. The zero-order chi connectivity index (χ0) is 17.1. The number of aryl methyl sites for hydroxylation is 1. The van der Waals surface area contributed by atoms with Gasteiger partial charge < -0.3 is 9.30 Å². The number of nitrogens with one attached hydrogen (secondary N) is 1. The SMILES string of the molecule is Cn1/c(=N/NC(=O)COc2ccc(F)cc2Cl)sc2ccccc21. The van der Waals surface area contributed by atoms with Gasteiger partial charge in [0.25, 0.3) is 5.91 Å². The van der Waals surface area contributed by atoms with Crippen molar-refractivity contribution in [3.8, 4) is 5.75 Å². The minimum absolute atomic E-state index is 0.107. The monoisotopic (exact) mass is 365 g/mol. The maximum atomic E-state index is 12.9. The van der Waals surface area contributed by atoms with Crippen molar-refractivity contribution < 1.29 is 13.9 Å². The summed E-state index contributed by atoms with van der Waals surface area (Å²) in [6.45, 7) is -0.274. The number of para-hydroxylation sites is 1. The molecular weight excluding hydrogens is 353 g/mol. The van der Waals surface area contributed by atoms with E-state index >= 15 is 0 Å². The van der Waals surface area contributed by atoms with Gasteiger partial charge in [-0.1, -0.05) is 35.1 Å². The van der Waals surface area contributed by atoms with E-state index in [0.717, 1.165) is 16.3 Å². The molecule has 0 aliphatic heterocycles. The minimum atomic E-state index is -0.468. The largest absolute Gasteiger partial charge is 0.482 e. The molecule has 3 aromatic rings. The Bertz CT molecular complexity index is 967. The van der Waals surface area contributed by atoms with E-state index in [9.17, 15) is 9.18 Å². The summed E-state index contributed by atoms with van der Waals surface area (Å²) in [6.07, 6.45) is 0. The summed E-state index contributed by atoms with van der Waals surface area (Å²) in [6, 6.07) is 11.6. The number of rotatable bonds is 4. The fourth-order valence-corrected chi connectivity index (χ4v) is 3.27. The van der Waals surface area contributed by atoms with Gasteiger partial charge in [-0.3, -0.25) is 4.79 Å². The molecule has 2 aromatic carbocycles. The molecule has 1 aromatic heterocycles. The number of carbonyl (C=O) groups excluding carboxylic acids is 1. The molecule has 8 heteroatoms. The van der Waals surface area contributed by atoms with Crippen molar-refractivity contribution in [2.45, 2.75) is 0 Å². The van der Waals surface area contributed by atoms with Crippen molar-refractivity contribution in [2.24, 2.45) is 12.1 Å². The summed E-state index contributed by atoms with van der Waals surface area (Å²) in [5.41, 5.74) is 3.47. The average Bonchev–Trinajstić information content (AvgIpc) is 2.89. The van der Waals surface area contributed by atoms with Gasteiger partial charge in [0.05, 0.1) is 15.2 Å². The maximum Gasteiger partial charge on any atom is 0.278 e. The van der Waals surface area contributed by atoms with Crippen LogP contribution >= 0.6 is 22.9 Å². The number of ether oxygens (including phenoxy) is 1. The molecular formula is C16H13ClFN3O2S. The molecule has 0 spiro atoms. The second-order valence-corrected chi connectivity index (χ2v) is 6.34. The van der Waals surface area contributed by atoms with Gasteiger partial charge in [-0.05, 0) is 30.3 Å². The number of aromatic nitrogens is 1. The lowest BCUT2D eigenvalue weighted by Gasteiger charge is -2.06. The van der Waals surface area contributed by atoms with Crippen molar-refractivity contribution in [3.63, 3.8) is 0 Å². The van der Waals surface area contributed by atoms with E-state index < -0.39 is 11.7 Å². The lowest BCUT2D eigenvalue weighted by Crippen LogP contribution is -2.27. The Balaban J connectivity index is 1.67. The van der Waals surface area contributed by atoms with E-state index in [1.165, 1.54) is 23.5 Å². The summed E-state index contributed by atoms with van der Waals surface area (Å²) >= 11 is 7.29. The number of carbonyl (C=O) groups is 1. The van der Waals surface area contributed by atoms with Crippen LogP contribution in [0.15, 0.2) is 47.6 Å². The highest BCUT2D eigenvalue weighted by Crippen LogP contribution is 2.24. The van der Waals surface area contributed by atoms with E-state index in [-0.39, 0.29) is 17.4 Å². The van der Waals surface area contributed by atoms with Gasteiger partial charge in [-0.2, -0.15) is 0 Å². The zero-order valence-corrected chi connectivity index (χ0v) is 14.2. The molecule has 0 radical (unpaired) electrons. The smallest absolute Gasteiger partial charge is 0.278 e. The first-order chi connectivity index (χ1) is 11.5. The predicted octanol–water partition coefficient (Wildman–Crippen LogP) is 3.04. The zero-order valence-electron chi connectivity index (χ0n) is 12.6. The third kappa shape index (κ3) is 3.58. The van der Waals surface area contributed by atoms with E-state index in [1.807, 2.05) is 35.9 Å². The maximum absolute atomic E-state index is 12.9. The second kappa shape index (κ2) is 7.02. The highest BCUT2D eigenvalue weighted by atomic mass is 35.5. The molecule has 0 aliphatic carbocycles. The molecule has 0 aliphatic rings. The van der Waals surface area contributed by atoms with Crippen LogP contribution in [-0.4, -0.2) is 17.1 Å².